The monoisotopic (exact) mass is 400 g/mol. The summed E-state index contributed by atoms with van der Waals surface area (Å²) in [6.45, 7) is 0. The van der Waals surface area contributed by atoms with Gasteiger partial charge in [0.05, 0.1) is 0 Å². The van der Waals surface area contributed by atoms with E-state index in [1.165, 1.54) is 0 Å². The zero-order chi connectivity index (χ0) is 14.7. The Morgan fingerprint density at radius 1 is 0.800 bits per heavy atom. The second kappa shape index (κ2) is 6.25. The molecule has 0 heterocycles. The van der Waals surface area contributed by atoms with Crippen LogP contribution in [0.2, 0.25) is 0 Å². The quantitative estimate of drug-likeness (QED) is 0.659. The Bertz CT molecular complexity index is 654. The van der Waals surface area contributed by atoms with Crippen molar-refractivity contribution in [3.63, 3.8) is 0 Å². The third kappa shape index (κ3) is 2.94. The molecule has 4 nitrogen and oxygen atoms in total. The molecule has 6 heteroatoms. The molecule has 0 spiro atoms. The molecule has 0 fully saturated rings. The molecule has 0 aliphatic heterocycles. The Balaban J connectivity index is 2.59. The van der Waals surface area contributed by atoms with Gasteiger partial charge in [-0.3, -0.25) is 0 Å². The molecule has 0 atom stereocenters. The fourth-order valence-corrected chi connectivity index (χ4v) is 7.84. The van der Waals surface area contributed by atoms with E-state index in [4.69, 9.17) is 11.5 Å². The fraction of sp³-hybridized carbons (Fsp3) is 0. The van der Waals surface area contributed by atoms with E-state index >= 15 is 0 Å². The summed E-state index contributed by atoms with van der Waals surface area (Å²) in [4.78, 5) is 23.0. The van der Waals surface area contributed by atoms with Crippen molar-refractivity contribution < 1.29 is 9.59 Å². The Labute approximate surface area is 126 Å². The van der Waals surface area contributed by atoms with Gasteiger partial charge in [-0.1, -0.05) is 0 Å². The van der Waals surface area contributed by atoms with Crippen LogP contribution < -0.4 is 20.4 Å². The van der Waals surface area contributed by atoms with E-state index in [2.05, 4.69) is 13.7 Å². The van der Waals surface area contributed by atoms with Gasteiger partial charge in [0.2, 0.25) is 0 Å². The first-order chi connectivity index (χ1) is 9.52. The minimum absolute atomic E-state index is 0.471. The molecule has 2 aromatic carbocycles. The standard InChI is InChI=1S/C14H12N2O2Se2/c15-13(17)9-5-1-3-7-11(9)20(19)12-8-4-2-6-10(12)14(16)18/h1-8H,(H2,15,17)(H2,16,18). The zero-order valence-corrected chi connectivity index (χ0v) is 13.8. The summed E-state index contributed by atoms with van der Waals surface area (Å²) in [5.41, 5.74) is 11.8. The molecule has 4 N–H and O–H groups in total. The van der Waals surface area contributed by atoms with Crippen LogP contribution in [0.1, 0.15) is 20.7 Å². The second-order valence-electron chi connectivity index (χ2n) is 3.99. The normalized spacial score (nSPS) is 10.4. The Kier molecular flexibility index (Phi) is 4.63. The number of nitrogens with two attached hydrogens (primary N) is 2. The van der Waals surface area contributed by atoms with E-state index in [0.29, 0.717) is 11.1 Å². The molecule has 0 unspecified atom stereocenters. The summed E-state index contributed by atoms with van der Waals surface area (Å²) in [5, 5.41) is 0. The first kappa shape index (κ1) is 14.8. The van der Waals surface area contributed by atoms with Gasteiger partial charge in [-0.05, 0) is 0 Å². The van der Waals surface area contributed by atoms with Crippen molar-refractivity contribution in [2.24, 2.45) is 11.5 Å². The molecule has 2 aromatic rings. The van der Waals surface area contributed by atoms with Crippen LogP contribution >= 0.6 is 0 Å². The summed E-state index contributed by atoms with van der Waals surface area (Å²) < 4.78 is 1.71. The summed E-state index contributed by atoms with van der Waals surface area (Å²) in [6, 6.07) is 14.3. The van der Waals surface area contributed by atoms with E-state index in [0.717, 1.165) is 8.92 Å². The third-order valence-corrected chi connectivity index (χ3v) is 9.79. The van der Waals surface area contributed by atoms with Gasteiger partial charge in [0.15, 0.2) is 0 Å². The first-order valence-electron chi connectivity index (χ1n) is 5.72. The number of rotatable bonds is 4. The van der Waals surface area contributed by atoms with Crippen LogP contribution in [0.15, 0.2) is 48.5 Å². The molecule has 0 aliphatic rings. The van der Waals surface area contributed by atoms with Crippen LogP contribution in [0.5, 0.6) is 0 Å². The number of benzene rings is 2. The minimum atomic E-state index is -1.68. The van der Waals surface area contributed by atoms with Crippen LogP contribution in [-0.2, 0) is 0 Å². The molecule has 0 radical (unpaired) electrons. The predicted molar refractivity (Wildman–Crippen MR) is 80.7 cm³/mol. The zero-order valence-electron chi connectivity index (χ0n) is 10.4. The fourth-order valence-electron chi connectivity index (χ4n) is 1.78. The number of primary amides is 2. The Hall–Kier alpha value is -1.58. The number of hydrogen-bond donors (Lipinski definition) is 2. The topological polar surface area (TPSA) is 86.2 Å². The molecule has 20 heavy (non-hydrogen) atoms. The van der Waals surface area contributed by atoms with Crippen LogP contribution in [0.4, 0.5) is 0 Å². The van der Waals surface area contributed by atoms with Gasteiger partial charge >= 0.3 is 127 Å². The molecular weight excluding hydrogens is 386 g/mol. The number of amides is 2. The maximum absolute atomic E-state index is 11.5. The van der Waals surface area contributed by atoms with Crippen molar-refractivity contribution in [3.8, 4) is 0 Å². The van der Waals surface area contributed by atoms with Crippen LogP contribution in [0.3, 0.4) is 0 Å². The summed E-state index contributed by atoms with van der Waals surface area (Å²) in [7, 11) is 0. The van der Waals surface area contributed by atoms with Crippen molar-refractivity contribution in [3.05, 3.63) is 59.7 Å². The van der Waals surface area contributed by atoms with Crippen LogP contribution in [0, 0.1) is 0 Å². The molecule has 2 amide bonds. The SMILES string of the molecule is NC(=O)c1ccccc1[Se](=[Se])c1ccccc1C(N)=O. The summed E-state index contributed by atoms with van der Waals surface area (Å²) in [5.74, 6) is -0.942. The van der Waals surface area contributed by atoms with Crippen molar-refractivity contribution in [1.29, 1.82) is 0 Å². The van der Waals surface area contributed by atoms with Gasteiger partial charge < -0.3 is 0 Å². The van der Waals surface area contributed by atoms with E-state index in [1.54, 1.807) is 24.3 Å². The molecule has 0 saturated carbocycles. The molecule has 0 saturated heterocycles. The molecule has 0 aliphatic carbocycles. The van der Waals surface area contributed by atoms with Gasteiger partial charge in [-0.2, -0.15) is 0 Å². The van der Waals surface area contributed by atoms with E-state index in [-0.39, 0.29) is 0 Å². The van der Waals surface area contributed by atoms with Gasteiger partial charge in [-0.25, -0.2) is 0 Å². The molecule has 102 valence electrons. The average Bonchev–Trinajstić information content (AvgIpc) is 2.46. The van der Waals surface area contributed by atoms with Gasteiger partial charge in [-0.15, -0.1) is 0 Å². The maximum atomic E-state index is 11.5. The summed E-state index contributed by atoms with van der Waals surface area (Å²) in [6.07, 6.45) is 0. The molecular formula is C14H12N2O2Se2. The van der Waals surface area contributed by atoms with Crippen LogP contribution in [0.25, 0.3) is 0 Å². The molecule has 0 bridgehead atoms. The number of carbonyl (C=O) groups is 2. The van der Waals surface area contributed by atoms with E-state index < -0.39 is 23.4 Å². The van der Waals surface area contributed by atoms with E-state index in [1.807, 2.05) is 24.3 Å². The first-order valence-corrected chi connectivity index (χ1v) is 11.8. The number of hydrogen-bond acceptors (Lipinski definition) is 2. The van der Waals surface area contributed by atoms with Crippen LogP contribution in [-0.4, -0.2) is 37.0 Å². The summed E-state index contributed by atoms with van der Waals surface area (Å²) >= 11 is 1.43. The number of carbonyl (C=O) groups excluding carboxylic acids is 2. The van der Waals surface area contributed by atoms with Crippen molar-refractivity contribution in [2.75, 3.05) is 0 Å². The van der Waals surface area contributed by atoms with Gasteiger partial charge in [0.25, 0.3) is 0 Å². The second-order valence-corrected chi connectivity index (χ2v) is 10.6. The predicted octanol–water partition coefficient (Wildman–Crippen LogP) is -0.841. The van der Waals surface area contributed by atoms with Crippen molar-refractivity contribution >= 4 is 45.9 Å². The van der Waals surface area contributed by atoms with Gasteiger partial charge in [0.1, 0.15) is 0 Å². The van der Waals surface area contributed by atoms with Gasteiger partial charge in [0, 0.05) is 0 Å². The average molecular weight is 398 g/mol. The molecule has 0 aromatic heterocycles. The third-order valence-electron chi connectivity index (χ3n) is 2.70. The molecule has 2 rings (SSSR count). The van der Waals surface area contributed by atoms with E-state index in [9.17, 15) is 9.59 Å². The Morgan fingerprint density at radius 2 is 1.15 bits per heavy atom. The van der Waals surface area contributed by atoms with Crippen molar-refractivity contribution in [2.45, 2.75) is 0 Å². The Morgan fingerprint density at radius 3 is 1.50 bits per heavy atom. The van der Waals surface area contributed by atoms with Crippen molar-refractivity contribution in [1.82, 2.24) is 0 Å².